The van der Waals surface area contributed by atoms with E-state index >= 15 is 0 Å². The quantitative estimate of drug-likeness (QED) is 0.516. The van der Waals surface area contributed by atoms with E-state index in [1.54, 1.807) is 18.3 Å². The molecule has 0 spiro atoms. The van der Waals surface area contributed by atoms with Gasteiger partial charge in [-0.2, -0.15) is 0 Å². The van der Waals surface area contributed by atoms with Crippen LogP contribution in [0.15, 0.2) is 18.3 Å². The third kappa shape index (κ3) is 0.682. The van der Waals surface area contributed by atoms with E-state index in [2.05, 4.69) is 4.98 Å². The predicted octanol–water partition coefficient (Wildman–Crippen LogP) is 0.827. The SMILES string of the molecule is O=Cc1ccc[15nH]1. The first kappa shape index (κ1) is 4.12. The Morgan fingerprint density at radius 1 is 1.71 bits per heavy atom. The Kier molecular flexibility index (Phi) is 0.941. The molecule has 0 amide bonds. The van der Waals surface area contributed by atoms with Gasteiger partial charge >= 0.3 is 0 Å². The molecule has 2 heteroatoms. The van der Waals surface area contributed by atoms with Crippen LogP contribution in [0.1, 0.15) is 10.5 Å². The van der Waals surface area contributed by atoms with Crippen molar-refractivity contribution in [2.24, 2.45) is 0 Å². The van der Waals surface area contributed by atoms with Gasteiger partial charge in [0.05, 0.1) is 5.69 Å². The fourth-order valence-corrected chi connectivity index (χ4v) is 0.418. The topological polar surface area (TPSA) is 32.9 Å². The summed E-state index contributed by atoms with van der Waals surface area (Å²) in [5.74, 6) is 0. The average Bonchev–Trinajstić information content (AvgIpc) is 2.14. The number of hydrogen-bond acceptors (Lipinski definition) is 1. The molecule has 7 heavy (non-hydrogen) atoms. The van der Waals surface area contributed by atoms with Crippen molar-refractivity contribution in [1.82, 2.24) is 4.98 Å². The fourth-order valence-electron chi connectivity index (χ4n) is 0.418. The van der Waals surface area contributed by atoms with E-state index in [0.717, 1.165) is 6.29 Å². The molecule has 1 rings (SSSR count). The molecule has 1 aromatic rings. The van der Waals surface area contributed by atoms with Gasteiger partial charge in [0, 0.05) is 6.20 Å². The molecule has 0 atom stereocenters. The number of aldehydes is 1. The number of aromatic nitrogens is 1. The zero-order valence-electron chi connectivity index (χ0n) is 3.72. The molecule has 0 saturated carbocycles. The van der Waals surface area contributed by atoms with Gasteiger partial charge in [-0.15, -0.1) is 0 Å². The minimum Gasteiger partial charge on any atom is -0.359 e. The van der Waals surface area contributed by atoms with E-state index in [9.17, 15) is 4.79 Å². The van der Waals surface area contributed by atoms with Gasteiger partial charge in [-0.1, -0.05) is 0 Å². The van der Waals surface area contributed by atoms with Crippen molar-refractivity contribution in [2.75, 3.05) is 0 Å². The van der Waals surface area contributed by atoms with Crippen LogP contribution in [0.25, 0.3) is 0 Å². The smallest absolute Gasteiger partial charge is 0.166 e. The summed E-state index contributed by atoms with van der Waals surface area (Å²) in [6.07, 6.45) is 2.49. The maximum absolute atomic E-state index is 9.84. The van der Waals surface area contributed by atoms with Gasteiger partial charge in [0.15, 0.2) is 6.29 Å². The van der Waals surface area contributed by atoms with Crippen molar-refractivity contribution in [1.29, 1.82) is 0 Å². The van der Waals surface area contributed by atoms with E-state index in [0.29, 0.717) is 5.69 Å². The molecule has 0 unspecified atom stereocenters. The van der Waals surface area contributed by atoms with Gasteiger partial charge < -0.3 is 4.98 Å². The normalized spacial score (nSPS) is 8.57. The first-order chi connectivity index (χ1) is 3.43. The summed E-state index contributed by atoms with van der Waals surface area (Å²) in [7, 11) is 0. The van der Waals surface area contributed by atoms with Crippen LogP contribution >= 0.6 is 0 Å². The van der Waals surface area contributed by atoms with Crippen LogP contribution in [0.5, 0.6) is 0 Å². The number of H-pyrrole nitrogens is 1. The molecule has 0 radical (unpaired) electrons. The summed E-state index contributed by atoms with van der Waals surface area (Å²) in [6.45, 7) is 0. The summed E-state index contributed by atoms with van der Waals surface area (Å²) in [5.41, 5.74) is 0.625. The summed E-state index contributed by atoms with van der Waals surface area (Å²) in [6, 6.07) is 3.50. The van der Waals surface area contributed by atoms with Crippen molar-refractivity contribution in [3.8, 4) is 0 Å². The molecule has 1 N–H and O–H groups in total. The Hall–Kier alpha value is -1.05. The van der Waals surface area contributed by atoms with Crippen molar-refractivity contribution in [3.05, 3.63) is 24.0 Å². The molecular formula is C5H5NO. The van der Waals surface area contributed by atoms with Gasteiger partial charge in [0.2, 0.25) is 0 Å². The van der Waals surface area contributed by atoms with Gasteiger partial charge in [0.25, 0.3) is 0 Å². The Bertz CT molecular complexity index is 143. The largest absolute Gasteiger partial charge is 0.359 e. The van der Waals surface area contributed by atoms with Crippen LogP contribution in [0.4, 0.5) is 0 Å². The molecule has 1 heterocycles. The lowest BCUT2D eigenvalue weighted by atomic mass is 10.5. The summed E-state index contributed by atoms with van der Waals surface area (Å²) in [4.78, 5) is 12.6. The van der Waals surface area contributed by atoms with Crippen LogP contribution in [0.2, 0.25) is 0 Å². The maximum atomic E-state index is 9.84. The minimum atomic E-state index is 0.625. The highest BCUT2D eigenvalue weighted by atomic mass is 16.1. The van der Waals surface area contributed by atoms with Crippen LogP contribution < -0.4 is 0 Å². The van der Waals surface area contributed by atoms with Crippen molar-refractivity contribution in [3.63, 3.8) is 0 Å². The summed E-state index contributed by atoms with van der Waals surface area (Å²) in [5, 5.41) is 0. The number of rotatable bonds is 1. The Morgan fingerprint density at radius 2 is 2.57 bits per heavy atom. The number of nitrogens with one attached hydrogen (secondary N) is 1. The lowest BCUT2D eigenvalue weighted by Crippen LogP contribution is -1.72. The van der Waals surface area contributed by atoms with Crippen LogP contribution in [-0.2, 0) is 0 Å². The van der Waals surface area contributed by atoms with E-state index < -0.39 is 0 Å². The third-order valence-corrected chi connectivity index (χ3v) is 0.749. The lowest BCUT2D eigenvalue weighted by molar-refractivity contribution is 0.111. The zero-order chi connectivity index (χ0) is 5.11. The molecule has 0 bridgehead atoms. The second-order valence-electron chi connectivity index (χ2n) is 1.24. The van der Waals surface area contributed by atoms with Crippen LogP contribution in [0, 0.1) is 0 Å². The van der Waals surface area contributed by atoms with Gasteiger partial charge in [-0.25, -0.2) is 0 Å². The molecule has 0 aromatic carbocycles. The zero-order valence-corrected chi connectivity index (χ0v) is 3.72. The van der Waals surface area contributed by atoms with Crippen LogP contribution in [0.3, 0.4) is 0 Å². The third-order valence-electron chi connectivity index (χ3n) is 0.749. The highest BCUT2D eigenvalue weighted by Crippen LogP contribution is 1.85. The predicted molar refractivity (Wildman–Crippen MR) is 26.2 cm³/mol. The molecule has 0 aliphatic heterocycles. The molecule has 0 saturated heterocycles. The number of aromatic amines is 1. The Balaban J connectivity index is 2.96. The number of carbonyl (C=O) groups excluding carboxylic acids is 1. The highest BCUT2D eigenvalue weighted by molar-refractivity contribution is 5.71. The molecule has 2 nitrogen and oxygen atoms in total. The van der Waals surface area contributed by atoms with Gasteiger partial charge in [-0.3, -0.25) is 4.79 Å². The molecule has 0 aliphatic carbocycles. The van der Waals surface area contributed by atoms with Gasteiger partial charge in [-0.05, 0) is 12.1 Å². The van der Waals surface area contributed by atoms with E-state index in [1.165, 1.54) is 0 Å². The second kappa shape index (κ2) is 1.60. The molecule has 36 valence electrons. The first-order valence-corrected chi connectivity index (χ1v) is 2.02. The summed E-state index contributed by atoms with van der Waals surface area (Å²) >= 11 is 0. The second-order valence-corrected chi connectivity index (χ2v) is 1.24. The molecule has 0 fully saturated rings. The number of carbonyl (C=O) groups is 1. The van der Waals surface area contributed by atoms with Gasteiger partial charge in [0.1, 0.15) is 0 Å². The van der Waals surface area contributed by atoms with Crippen molar-refractivity contribution in [2.45, 2.75) is 0 Å². The highest BCUT2D eigenvalue weighted by Gasteiger charge is 1.81. The van der Waals surface area contributed by atoms with E-state index in [1.807, 2.05) is 0 Å². The van der Waals surface area contributed by atoms with Crippen molar-refractivity contribution >= 4 is 6.29 Å². The summed E-state index contributed by atoms with van der Waals surface area (Å²) < 4.78 is 0. The average molecular weight is 96.1 g/mol. The molecular weight excluding hydrogens is 91.1 g/mol. The van der Waals surface area contributed by atoms with E-state index in [-0.39, 0.29) is 0 Å². The Labute approximate surface area is 41.2 Å². The molecule has 1 aromatic heterocycles. The van der Waals surface area contributed by atoms with E-state index in [4.69, 9.17) is 0 Å². The van der Waals surface area contributed by atoms with Crippen LogP contribution in [-0.4, -0.2) is 11.3 Å². The minimum absolute atomic E-state index is 0.625. The standard InChI is InChI=1S/C5H5NO/c7-4-5-2-1-3-6-5/h1-4,6H/i6+1. The van der Waals surface area contributed by atoms with Crippen molar-refractivity contribution < 1.29 is 4.79 Å². The number of hydrogen-bond donors (Lipinski definition) is 1. The lowest BCUT2D eigenvalue weighted by Gasteiger charge is -1.70. The maximum Gasteiger partial charge on any atom is 0.166 e. The Morgan fingerprint density at radius 3 is 2.86 bits per heavy atom. The fraction of sp³-hybridized carbons (Fsp3) is 0. The molecule has 0 aliphatic rings. The first-order valence-electron chi connectivity index (χ1n) is 2.02. The monoisotopic (exact) mass is 96.0 g/mol.